The van der Waals surface area contributed by atoms with Gasteiger partial charge < -0.3 is 5.11 Å². The highest BCUT2D eigenvalue weighted by molar-refractivity contribution is 5.18. The van der Waals surface area contributed by atoms with Crippen LogP contribution in [0.5, 0.6) is 0 Å². The molecule has 0 spiro atoms. The van der Waals surface area contributed by atoms with Gasteiger partial charge in [0.25, 0.3) is 0 Å². The van der Waals surface area contributed by atoms with Crippen molar-refractivity contribution in [3.05, 3.63) is 12.2 Å². The van der Waals surface area contributed by atoms with E-state index in [9.17, 15) is 5.11 Å². The summed E-state index contributed by atoms with van der Waals surface area (Å²) in [4.78, 5) is 0. The van der Waals surface area contributed by atoms with E-state index in [1.165, 1.54) is 51.4 Å². The summed E-state index contributed by atoms with van der Waals surface area (Å²) in [6, 6.07) is 0. The Labute approximate surface area is 187 Å². The number of hydrogen-bond donors (Lipinski definition) is 1. The molecular formula is C29H50O. The van der Waals surface area contributed by atoms with Gasteiger partial charge in [-0.3, -0.25) is 0 Å². The molecule has 0 unspecified atom stereocenters. The van der Waals surface area contributed by atoms with Crippen molar-refractivity contribution < 1.29 is 5.11 Å². The molecule has 0 bridgehead atoms. The lowest BCUT2D eigenvalue weighted by atomic mass is 9.46. The fourth-order valence-corrected chi connectivity index (χ4v) is 9.26. The monoisotopic (exact) mass is 414 g/mol. The Morgan fingerprint density at radius 3 is 2.30 bits per heavy atom. The van der Waals surface area contributed by atoms with Crippen molar-refractivity contribution in [2.45, 2.75) is 112 Å². The summed E-state index contributed by atoms with van der Waals surface area (Å²) < 4.78 is 0. The Hall–Kier alpha value is -0.300. The van der Waals surface area contributed by atoms with Crippen molar-refractivity contribution in [3.63, 3.8) is 0 Å². The van der Waals surface area contributed by atoms with Gasteiger partial charge in [-0.25, -0.2) is 0 Å². The van der Waals surface area contributed by atoms with Crippen molar-refractivity contribution >= 4 is 0 Å². The van der Waals surface area contributed by atoms with E-state index in [0.29, 0.717) is 16.7 Å². The molecule has 0 aromatic carbocycles. The number of fused-ring (bicyclic) bond motifs is 5. The quantitative estimate of drug-likeness (QED) is 0.438. The van der Waals surface area contributed by atoms with Crippen LogP contribution in [0.2, 0.25) is 0 Å². The number of aliphatic hydroxyl groups is 1. The lowest BCUT2D eigenvalue weighted by molar-refractivity contribution is -0.0814. The molecule has 1 nitrogen and oxygen atoms in total. The Kier molecular flexibility index (Phi) is 6.53. The summed E-state index contributed by atoms with van der Waals surface area (Å²) in [5, 5.41) is 10.3. The molecule has 0 aromatic rings. The van der Waals surface area contributed by atoms with Crippen molar-refractivity contribution in [2.75, 3.05) is 0 Å². The summed E-state index contributed by atoms with van der Waals surface area (Å²) >= 11 is 0. The molecule has 172 valence electrons. The van der Waals surface area contributed by atoms with E-state index < -0.39 is 0 Å². The van der Waals surface area contributed by atoms with Crippen LogP contribution in [-0.4, -0.2) is 11.2 Å². The van der Waals surface area contributed by atoms with Crippen LogP contribution in [0, 0.1) is 58.2 Å². The third-order valence-electron chi connectivity index (χ3n) is 11.4. The average molecular weight is 415 g/mol. The molecule has 0 radical (unpaired) electrons. The Bertz CT molecular complexity index is 622. The Morgan fingerprint density at radius 2 is 1.60 bits per heavy atom. The SMILES string of the molecule is CC[C@@H](CC[C@H](C)[C@@H]1CC[C@H]2[C@@H]3C=C[C@@H]4C[C@H](O)CC[C@]4(C)[C@H]3CC[C@@]21C)C(C)C. The molecule has 0 aromatic heterocycles. The maximum Gasteiger partial charge on any atom is 0.0546 e. The molecule has 0 aliphatic heterocycles. The van der Waals surface area contributed by atoms with Gasteiger partial charge in [-0.1, -0.05) is 66.5 Å². The first-order valence-electron chi connectivity index (χ1n) is 13.6. The van der Waals surface area contributed by atoms with Gasteiger partial charge >= 0.3 is 0 Å². The molecule has 4 aliphatic carbocycles. The van der Waals surface area contributed by atoms with Gasteiger partial charge in [0.1, 0.15) is 0 Å². The van der Waals surface area contributed by atoms with Gasteiger partial charge in [0, 0.05) is 0 Å². The highest BCUT2D eigenvalue weighted by atomic mass is 16.3. The number of allylic oxidation sites excluding steroid dienone is 2. The molecule has 1 N–H and O–H groups in total. The van der Waals surface area contributed by atoms with E-state index in [1.807, 2.05) is 0 Å². The van der Waals surface area contributed by atoms with Gasteiger partial charge in [-0.2, -0.15) is 0 Å². The predicted molar refractivity (Wildman–Crippen MR) is 128 cm³/mol. The third-order valence-corrected chi connectivity index (χ3v) is 11.4. The first kappa shape index (κ1) is 22.9. The molecular weight excluding hydrogens is 364 g/mol. The van der Waals surface area contributed by atoms with Gasteiger partial charge in [0.15, 0.2) is 0 Å². The number of rotatable bonds is 6. The second kappa shape index (κ2) is 8.57. The Balaban J connectivity index is 1.48. The lowest BCUT2D eigenvalue weighted by Gasteiger charge is -2.59. The number of hydrogen-bond acceptors (Lipinski definition) is 1. The molecule has 0 saturated heterocycles. The molecule has 0 amide bonds. The zero-order valence-electron chi connectivity index (χ0n) is 20.9. The summed E-state index contributed by atoms with van der Waals surface area (Å²) in [5.41, 5.74) is 0.997. The minimum Gasteiger partial charge on any atom is -0.393 e. The molecule has 30 heavy (non-hydrogen) atoms. The fourth-order valence-electron chi connectivity index (χ4n) is 9.26. The standard InChI is InChI=1S/C29H50O/c1-7-21(19(2)3)9-8-20(4)25-12-13-26-24-11-10-22-18-23(30)14-16-28(22,5)27(24)15-17-29(25,26)6/h10-11,19-27,30H,7-9,12-18H2,1-6H3/t20-,21-,22+,23+,24-,25-,26-,27-,28-,29+/m0/s1. The molecule has 10 atom stereocenters. The topological polar surface area (TPSA) is 20.2 Å². The van der Waals surface area contributed by atoms with Crippen LogP contribution < -0.4 is 0 Å². The van der Waals surface area contributed by atoms with Gasteiger partial charge in [0.05, 0.1) is 6.10 Å². The largest absolute Gasteiger partial charge is 0.393 e. The fraction of sp³-hybridized carbons (Fsp3) is 0.931. The first-order valence-corrected chi connectivity index (χ1v) is 13.6. The number of aliphatic hydroxyl groups excluding tert-OH is 1. The molecule has 4 rings (SSSR count). The van der Waals surface area contributed by atoms with Gasteiger partial charge in [-0.05, 0) is 110 Å². The van der Waals surface area contributed by atoms with Crippen LogP contribution >= 0.6 is 0 Å². The lowest BCUT2D eigenvalue weighted by Crippen LogP contribution is -2.52. The van der Waals surface area contributed by atoms with Crippen LogP contribution in [0.3, 0.4) is 0 Å². The second-order valence-electron chi connectivity index (χ2n) is 12.9. The minimum absolute atomic E-state index is 0.0624. The maximum atomic E-state index is 10.3. The average Bonchev–Trinajstić information content (AvgIpc) is 3.06. The van der Waals surface area contributed by atoms with E-state index in [0.717, 1.165) is 54.3 Å². The van der Waals surface area contributed by atoms with E-state index >= 15 is 0 Å². The van der Waals surface area contributed by atoms with Crippen LogP contribution in [0.25, 0.3) is 0 Å². The molecule has 3 saturated carbocycles. The van der Waals surface area contributed by atoms with E-state index in [-0.39, 0.29) is 6.10 Å². The van der Waals surface area contributed by atoms with Crippen LogP contribution in [0.4, 0.5) is 0 Å². The highest BCUT2D eigenvalue weighted by Crippen LogP contribution is 2.67. The summed E-state index contributed by atoms with van der Waals surface area (Å²) in [5.74, 6) is 6.73. The van der Waals surface area contributed by atoms with Crippen molar-refractivity contribution in [1.82, 2.24) is 0 Å². The van der Waals surface area contributed by atoms with Crippen LogP contribution in [0.1, 0.15) is 106 Å². The van der Waals surface area contributed by atoms with E-state index in [2.05, 4.69) is 53.7 Å². The predicted octanol–water partition coefficient (Wildman–Crippen LogP) is 7.88. The summed E-state index contributed by atoms with van der Waals surface area (Å²) in [6.07, 6.45) is 18.4. The van der Waals surface area contributed by atoms with Gasteiger partial charge in [0.2, 0.25) is 0 Å². The molecule has 3 fully saturated rings. The smallest absolute Gasteiger partial charge is 0.0546 e. The van der Waals surface area contributed by atoms with Gasteiger partial charge in [-0.15, -0.1) is 0 Å². The molecule has 0 heterocycles. The van der Waals surface area contributed by atoms with E-state index in [1.54, 1.807) is 0 Å². The Morgan fingerprint density at radius 1 is 0.900 bits per heavy atom. The normalized spacial score (nSPS) is 47.5. The van der Waals surface area contributed by atoms with Crippen LogP contribution in [-0.2, 0) is 0 Å². The first-order chi connectivity index (χ1) is 14.2. The van der Waals surface area contributed by atoms with Crippen molar-refractivity contribution in [3.8, 4) is 0 Å². The van der Waals surface area contributed by atoms with E-state index in [4.69, 9.17) is 0 Å². The zero-order chi connectivity index (χ0) is 21.7. The highest BCUT2D eigenvalue weighted by Gasteiger charge is 2.59. The maximum absolute atomic E-state index is 10.3. The third kappa shape index (κ3) is 3.74. The zero-order valence-corrected chi connectivity index (χ0v) is 20.9. The molecule has 1 heteroatoms. The van der Waals surface area contributed by atoms with Crippen molar-refractivity contribution in [2.24, 2.45) is 58.2 Å². The summed E-state index contributed by atoms with van der Waals surface area (Å²) in [6.45, 7) is 15.1. The minimum atomic E-state index is -0.0624. The molecule has 4 aliphatic rings. The summed E-state index contributed by atoms with van der Waals surface area (Å²) in [7, 11) is 0. The van der Waals surface area contributed by atoms with Crippen molar-refractivity contribution in [1.29, 1.82) is 0 Å². The van der Waals surface area contributed by atoms with Crippen LogP contribution in [0.15, 0.2) is 12.2 Å². The second-order valence-corrected chi connectivity index (χ2v) is 12.9.